The predicted molar refractivity (Wildman–Crippen MR) is 93.9 cm³/mol. The third kappa shape index (κ3) is 3.53. The Bertz CT molecular complexity index is 658. The Balaban J connectivity index is 1.24. The number of carbonyl (C=O) groups excluding carboxylic acids is 4. The van der Waals surface area contributed by atoms with E-state index in [2.05, 4.69) is 10.7 Å². The van der Waals surface area contributed by atoms with Gasteiger partial charge in [0.25, 0.3) is 11.8 Å². The number of imide groups is 1. The summed E-state index contributed by atoms with van der Waals surface area (Å²) >= 11 is 0. The number of hydrazine groups is 1. The lowest BCUT2D eigenvalue weighted by molar-refractivity contribution is -0.151. The number of esters is 1. The van der Waals surface area contributed by atoms with Gasteiger partial charge in [-0.15, -0.1) is 0 Å². The second kappa shape index (κ2) is 7.13. The van der Waals surface area contributed by atoms with Crippen LogP contribution in [0.4, 0.5) is 4.79 Å². The third-order valence-corrected chi connectivity index (χ3v) is 6.78. The fraction of sp³-hybridized carbons (Fsp3) is 0.789. The van der Waals surface area contributed by atoms with Crippen LogP contribution >= 0.6 is 0 Å². The summed E-state index contributed by atoms with van der Waals surface area (Å²) in [7, 11) is 0. The lowest BCUT2D eigenvalue weighted by Crippen LogP contribution is -2.51. The first-order valence-electron chi connectivity index (χ1n) is 10.1. The molecule has 3 atom stereocenters. The number of hydrogen-bond donors (Lipinski definition) is 2. The molecule has 1 saturated heterocycles. The third-order valence-electron chi connectivity index (χ3n) is 6.78. The Morgan fingerprint density at radius 2 is 1.93 bits per heavy atom. The quantitative estimate of drug-likeness (QED) is 0.560. The predicted octanol–water partition coefficient (Wildman–Crippen LogP) is 1.64. The molecule has 0 radical (unpaired) electrons. The summed E-state index contributed by atoms with van der Waals surface area (Å²) in [4.78, 5) is 48.8. The molecular formula is C19H27N3O5. The lowest BCUT2D eigenvalue weighted by atomic mass is 9.82. The summed E-state index contributed by atoms with van der Waals surface area (Å²) in [5.41, 5.74) is 1.39. The number of ether oxygens (including phenoxy) is 1. The smallest absolute Gasteiger partial charge is 0.344 e. The molecule has 0 unspecified atom stereocenters. The molecule has 1 heterocycles. The van der Waals surface area contributed by atoms with E-state index in [0.29, 0.717) is 31.1 Å². The van der Waals surface area contributed by atoms with Crippen LogP contribution in [0.25, 0.3) is 0 Å². The molecule has 4 rings (SSSR count). The molecule has 3 saturated carbocycles. The van der Waals surface area contributed by atoms with Crippen LogP contribution in [0.1, 0.15) is 64.2 Å². The highest BCUT2D eigenvalue weighted by molar-refractivity contribution is 6.08. The first kappa shape index (κ1) is 18.3. The highest BCUT2D eigenvalue weighted by Crippen LogP contribution is 2.49. The molecule has 4 amide bonds. The van der Waals surface area contributed by atoms with Gasteiger partial charge in [-0.05, 0) is 49.9 Å². The molecule has 1 aliphatic heterocycles. The SMILES string of the molecule is O=C(COC(=O)C[C@@H]1C[C@@H]2CC[C@H]1C2)NN1C(=O)NC2(CCCCC2)C1=O. The monoisotopic (exact) mass is 377 g/mol. The largest absolute Gasteiger partial charge is 0.455 e. The zero-order valence-corrected chi connectivity index (χ0v) is 15.5. The van der Waals surface area contributed by atoms with Crippen molar-refractivity contribution in [3.05, 3.63) is 0 Å². The van der Waals surface area contributed by atoms with Crippen molar-refractivity contribution < 1.29 is 23.9 Å². The molecule has 27 heavy (non-hydrogen) atoms. The minimum atomic E-state index is -0.888. The van der Waals surface area contributed by atoms with Crippen LogP contribution in [0.3, 0.4) is 0 Å². The molecule has 2 N–H and O–H groups in total. The molecular weight excluding hydrogens is 350 g/mol. The Kier molecular flexibility index (Phi) is 4.82. The summed E-state index contributed by atoms with van der Waals surface area (Å²) < 4.78 is 5.07. The fourth-order valence-electron chi connectivity index (χ4n) is 5.42. The van der Waals surface area contributed by atoms with Crippen molar-refractivity contribution in [2.24, 2.45) is 17.8 Å². The van der Waals surface area contributed by atoms with Gasteiger partial charge in [0, 0.05) is 6.42 Å². The van der Waals surface area contributed by atoms with Gasteiger partial charge in [0.2, 0.25) is 0 Å². The maximum Gasteiger partial charge on any atom is 0.344 e. The Labute approximate surface area is 158 Å². The van der Waals surface area contributed by atoms with Crippen LogP contribution in [0.5, 0.6) is 0 Å². The summed E-state index contributed by atoms with van der Waals surface area (Å²) in [6.45, 7) is -0.482. The first-order valence-corrected chi connectivity index (χ1v) is 10.1. The fourth-order valence-corrected chi connectivity index (χ4v) is 5.42. The average molecular weight is 377 g/mol. The highest BCUT2D eigenvalue weighted by Gasteiger charge is 2.52. The van der Waals surface area contributed by atoms with E-state index in [-0.39, 0.29) is 5.97 Å². The zero-order valence-electron chi connectivity index (χ0n) is 15.5. The molecule has 148 valence electrons. The van der Waals surface area contributed by atoms with Gasteiger partial charge >= 0.3 is 12.0 Å². The van der Waals surface area contributed by atoms with Crippen LogP contribution in [0.15, 0.2) is 0 Å². The van der Waals surface area contributed by atoms with Gasteiger partial charge in [-0.1, -0.05) is 25.7 Å². The Morgan fingerprint density at radius 1 is 1.15 bits per heavy atom. The van der Waals surface area contributed by atoms with Gasteiger partial charge in [0.1, 0.15) is 5.54 Å². The Morgan fingerprint density at radius 3 is 2.59 bits per heavy atom. The summed E-state index contributed by atoms with van der Waals surface area (Å²) in [5, 5.41) is 3.45. The van der Waals surface area contributed by atoms with Crippen molar-refractivity contribution in [2.45, 2.75) is 69.7 Å². The minimum absolute atomic E-state index is 0.348. The van der Waals surface area contributed by atoms with E-state index in [9.17, 15) is 19.2 Å². The standard InChI is InChI=1S/C19H27N3O5/c23-15(11-27-16(24)10-14-9-12-4-5-13(14)8-12)21-22-17(25)19(20-18(22)26)6-2-1-3-7-19/h12-14H,1-11H2,(H,20,26)(H,21,23)/t12-,13+,14+/m1/s1. The van der Waals surface area contributed by atoms with Crippen molar-refractivity contribution >= 4 is 23.8 Å². The van der Waals surface area contributed by atoms with E-state index in [4.69, 9.17) is 4.74 Å². The van der Waals surface area contributed by atoms with Gasteiger partial charge < -0.3 is 10.1 Å². The van der Waals surface area contributed by atoms with Crippen LogP contribution < -0.4 is 10.7 Å². The number of hydrogen-bond acceptors (Lipinski definition) is 5. The van der Waals surface area contributed by atoms with Gasteiger partial charge in [0.15, 0.2) is 6.61 Å². The van der Waals surface area contributed by atoms with E-state index in [1.807, 2.05) is 0 Å². The van der Waals surface area contributed by atoms with E-state index in [0.717, 1.165) is 36.6 Å². The number of urea groups is 1. The van der Waals surface area contributed by atoms with Crippen molar-refractivity contribution in [1.82, 2.24) is 15.8 Å². The second-order valence-electron chi connectivity index (χ2n) is 8.55. The lowest BCUT2D eigenvalue weighted by Gasteiger charge is -2.30. The van der Waals surface area contributed by atoms with E-state index in [1.165, 1.54) is 19.3 Å². The summed E-state index contributed by atoms with van der Waals surface area (Å²) in [5.74, 6) is 0.262. The molecule has 4 aliphatic rings. The van der Waals surface area contributed by atoms with Gasteiger partial charge in [-0.25, -0.2) is 4.79 Å². The number of carbonyl (C=O) groups is 4. The summed E-state index contributed by atoms with van der Waals surface area (Å²) in [6.07, 6.45) is 9.05. The number of nitrogens with one attached hydrogen (secondary N) is 2. The molecule has 4 fully saturated rings. The zero-order chi connectivity index (χ0) is 19.0. The molecule has 8 heteroatoms. The van der Waals surface area contributed by atoms with Crippen LogP contribution in [0, 0.1) is 17.8 Å². The average Bonchev–Trinajstić information content (AvgIpc) is 3.32. The number of amides is 4. The first-order chi connectivity index (χ1) is 13.0. The highest BCUT2D eigenvalue weighted by atomic mass is 16.5. The van der Waals surface area contributed by atoms with Crippen LogP contribution in [0.2, 0.25) is 0 Å². The van der Waals surface area contributed by atoms with E-state index in [1.54, 1.807) is 0 Å². The van der Waals surface area contributed by atoms with Crippen molar-refractivity contribution in [3.63, 3.8) is 0 Å². The molecule has 0 aromatic rings. The molecule has 0 aromatic carbocycles. The normalized spacial score (nSPS) is 31.3. The number of nitrogens with zero attached hydrogens (tertiary/aromatic N) is 1. The van der Waals surface area contributed by atoms with Crippen LogP contribution in [-0.4, -0.2) is 41.0 Å². The molecule has 3 aliphatic carbocycles. The van der Waals surface area contributed by atoms with Crippen molar-refractivity contribution in [1.29, 1.82) is 0 Å². The van der Waals surface area contributed by atoms with Crippen molar-refractivity contribution in [2.75, 3.05) is 6.61 Å². The van der Waals surface area contributed by atoms with Gasteiger partial charge in [-0.3, -0.25) is 19.8 Å². The van der Waals surface area contributed by atoms with E-state index >= 15 is 0 Å². The number of rotatable bonds is 5. The van der Waals surface area contributed by atoms with Crippen LogP contribution in [-0.2, 0) is 19.1 Å². The molecule has 0 aromatic heterocycles. The van der Waals surface area contributed by atoms with E-state index < -0.39 is 30.0 Å². The maximum atomic E-state index is 12.6. The second-order valence-corrected chi connectivity index (χ2v) is 8.55. The number of fused-ring (bicyclic) bond motifs is 2. The molecule has 1 spiro atoms. The van der Waals surface area contributed by atoms with Crippen molar-refractivity contribution in [3.8, 4) is 0 Å². The van der Waals surface area contributed by atoms with Gasteiger partial charge in [-0.2, -0.15) is 5.01 Å². The maximum absolute atomic E-state index is 12.6. The minimum Gasteiger partial charge on any atom is -0.455 e. The summed E-state index contributed by atoms with van der Waals surface area (Å²) in [6, 6.07) is -0.622. The molecule has 2 bridgehead atoms. The van der Waals surface area contributed by atoms with Gasteiger partial charge in [0.05, 0.1) is 0 Å². The molecule has 8 nitrogen and oxygen atoms in total. The Hall–Kier alpha value is -2.12. The topological polar surface area (TPSA) is 105 Å².